The third-order valence-electron chi connectivity index (χ3n) is 6.95. The number of benzene rings is 3. The van der Waals surface area contributed by atoms with Crippen molar-refractivity contribution in [2.24, 2.45) is 7.05 Å². The lowest BCUT2D eigenvalue weighted by molar-refractivity contribution is -0.119. The molecule has 0 bridgehead atoms. The predicted molar refractivity (Wildman–Crippen MR) is 144 cm³/mol. The molecule has 1 N–H and O–H groups in total. The minimum atomic E-state index is -0.647. The number of anilines is 1. The molecule has 37 heavy (non-hydrogen) atoms. The van der Waals surface area contributed by atoms with Crippen LogP contribution < -0.4 is 10.1 Å². The Morgan fingerprint density at radius 3 is 2.51 bits per heavy atom. The lowest BCUT2D eigenvalue weighted by atomic mass is 9.79. The summed E-state index contributed by atoms with van der Waals surface area (Å²) >= 11 is 0. The van der Waals surface area contributed by atoms with Crippen molar-refractivity contribution in [2.45, 2.75) is 18.9 Å². The molecule has 2 atom stereocenters. The zero-order chi connectivity index (χ0) is 25.9. The van der Waals surface area contributed by atoms with Crippen molar-refractivity contribution in [1.82, 2.24) is 9.47 Å². The quantitative estimate of drug-likeness (QED) is 0.366. The Bertz CT molecular complexity index is 1440. The zero-order valence-electron chi connectivity index (χ0n) is 21.3. The van der Waals surface area contributed by atoms with Gasteiger partial charge in [-0.3, -0.25) is 9.59 Å². The molecule has 0 saturated heterocycles. The van der Waals surface area contributed by atoms with Crippen molar-refractivity contribution in [2.75, 3.05) is 32.2 Å². The summed E-state index contributed by atoms with van der Waals surface area (Å²) in [4.78, 5) is 29.8. The van der Waals surface area contributed by atoms with Crippen LogP contribution >= 0.6 is 0 Å². The molecule has 7 nitrogen and oxygen atoms in total. The molecule has 2 heterocycles. The second-order valence-corrected chi connectivity index (χ2v) is 9.13. The minimum Gasteiger partial charge on any atom is -0.492 e. The number of nitrogens with zero attached hydrogens (tertiary/aromatic N) is 2. The highest BCUT2D eigenvalue weighted by molar-refractivity contribution is 6.05. The molecule has 0 radical (unpaired) electrons. The number of fused-ring (bicyclic) bond motifs is 2. The fourth-order valence-electron chi connectivity index (χ4n) is 5.33. The summed E-state index contributed by atoms with van der Waals surface area (Å²) in [6, 6.07) is 22.4. The third kappa shape index (κ3) is 4.47. The summed E-state index contributed by atoms with van der Waals surface area (Å²) in [7, 11) is 3.60. The number of carbonyl (C=O) groups is 2. The van der Waals surface area contributed by atoms with Gasteiger partial charge in [0.2, 0.25) is 5.91 Å². The average Bonchev–Trinajstić information content (AvgIpc) is 3.25. The number of aryl methyl sites for hydroxylation is 1. The molecule has 0 unspecified atom stereocenters. The van der Waals surface area contributed by atoms with E-state index in [1.807, 2.05) is 91.5 Å². The fourth-order valence-corrected chi connectivity index (χ4v) is 5.33. The van der Waals surface area contributed by atoms with E-state index in [1.165, 1.54) is 0 Å². The van der Waals surface area contributed by atoms with Crippen LogP contribution in [0, 0.1) is 0 Å². The van der Waals surface area contributed by atoms with Crippen molar-refractivity contribution >= 4 is 28.4 Å². The summed E-state index contributed by atoms with van der Waals surface area (Å²) < 4.78 is 13.2. The number of para-hydroxylation sites is 3. The molecule has 7 heteroatoms. The summed E-state index contributed by atoms with van der Waals surface area (Å²) in [5.41, 5.74) is 3.81. The first-order valence-electron chi connectivity index (χ1n) is 12.5. The van der Waals surface area contributed by atoms with E-state index in [4.69, 9.17) is 9.47 Å². The number of hydrogen-bond acceptors (Lipinski definition) is 4. The van der Waals surface area contributed by atoms with E-state index in [-0.39, 0.29) is 11.8 Å². The van der Waals surface area contributed by atoms with Crippen LogP contribution in [0.2, 0.25) is 0 Å². The molecule has 0 aliphatic carbocycles. The number of methoxy groups -OCH3 is 1. The first kappa shape index (κ1) is 24.6. The molecule has 0 saturated carbocycles. The van der Waals surface area contributed by atoms with Crippen LogP contribution in [-0.4, -0.2) is 48.1 Å². The van der Waals surface area contributed by atoms with Gasteiger partial charge < -0.3 is 24.3 Å². The van der Waals surface area contributed by atoms with Crippen LogP contribution in [0.25, 0.3) is 10.9 Å². The first-order chi connectivity index (χ1) is 18.0. The zero-order valence-corrected chi connectivity index (χ0v) is 21.3. The van der Waals surface area contributed by atoms with Crippen molar-refractivity contribution in [3.8, 4) is 5.75 Å². The summed E-state index contributed by atoms with van der Waals surface area (Å²) in [6.45, 7) is 3.11. The largest absolute Gasteiger partial charge is 0.492 e. The van der Waals surface area contributed by atoms with Gasteiger partial charge >= 0.3 is 0 Å². The van der Waals surface area contributed by atoms with Crippen LogP contribution in [0.15, 0.2) is 79.0 Å². The van der Waals surface area contributed by atoms with Gasteiger partial charge in [0, 0.05) is 48.9 Å². The van der Waals surface area contributed by atoms with Gasteiger partial charge in [-0.15, -0.1) is 0 Å². The maximum Gasteiger partial charge on any atom is 0.254 e. The summed E-state index contributed by atoms with van der Waals surface area (Å²) in [5.74, 6) is -0.348. The van der Waals surface area contributed by atoms with E-state index in [1.54, 1.807) is 18.1 Å². The van der Waals surface area contributed by atoms with E-state index in [0.717, 1.165) is 16.5 Å². The Balaban J connectivity index is 1.68. The Labute approximate surface area is 216 Å². The highest BCUT2D eigenvalue weighted by Crippen LogP contribution is 2.45. The SMILES string of the molecule is CCOc1ccccc1NC(=O)[C@@H]1c2ccccc2C(=O)N(CCOC)[C@@H]1c1cn(C)c2ccccc12. The molecule has 4 aromatic rings. The van der Waals surface area contributed by atoms with E-state index in [9.17, 15) is 9.59 Å². The van der Waals surface area contributed by atoms with Crippen LogP contribution in [0.4, 0.5) is 5.69 Å². The molecule has 3 aromatic carbocycles. The van der Waals surface area contributed by atoms with Gasteiger partial charge in [-0.25, -0.2) is 0 Å². The smallest absolute Gasteiger partial charge is 0.254 e. The summed E-state index contributed by atoms with van der Waals surface area (Å²) in [6.07, 6.45) is 2.03. The number of aromatic nitrogens is 1. The Kier molecular flexibility index (Phi) is 6.97. The Morgan fingerprint density at radius 1 is 0.973 bits per heavy atom. The van der Waals surface area contributed by atoms with Crippen molar-refractivity contribution < 1.29 is 19.1 Å². The van der Waals surface area contributed by atoms with Gasteiger partial charge in [0.15, 0.2) is 0 Å². The molecule has 2 amide bonds. The highest BCUT2D eigenvalue weighted by atomic mass is 16.5. The van der Waals surface area contributed by atoms with Gasteiger partial charge in [0.1, 0.15) is 5.75 Å². The Morgan fingerprint density at radius 2 is 1.70 bits per heavy atom. The van der Waals surface area contributed by atoms with E-state index in [2.05, 4.69) is 5.32 Å². The standard InChI is InChI=1S/C30H31N3O4/c1-4-37-26-16-10-8-14-24(26)31-29(34)27-21-12-5-6-13-22(21)30(35)33(17-18-36-3)28(27)23-19-32(2)25-15-9-7-11-20(23)25/h5-16,19,27-28H,4,17-18H2,1-3H3,(H,31,34)/t27-,28-/m1/s1. The first-order valence-corrected chi connectivity index (χ1v) is 12.5. The van der Waals surface area contributed by atoms with Crippen molar-refractivity contribution in [3.05, 3.63) is 95.7 Å². The maximum atomic E-state index is 14.2. The molecule has 1 aliphatic rings. The van der Waals surface area contributed by atoms with Crippen LogP contribution in [0.5, 0.6) is 5.75 Å². The van der Waals surface area contributed by atoms with Gasteiger partial charge in [-0.1, -0.05) is 48.5 Å². The van der Waals surface area contributed by atoms with E-state index in [0.29, 0.717) is 42.3 Å². The number of rotatable bonds is 8. The number of amides is 2. The van der Waals surface area contributed by atoms with Crippen LogP contribution in [-0.2, 0) is 16.6 Å². The lowest BCUT2D eigenvalue weighted by Crippen LogP contribution is -2.47. The normalized spacial score (nSPS) is 17.1. The second-order valence-electron chi connectivity index (χ2n) is 9.13. The second kappa shape index (κ2) is 10.5. The molecular weight excluding hydrogens is 466 g/mol. The molecule has 0 fully saturated rings. The average molecular weight is 498 g/mol. The summed E-state index contributed by atoms with van der Waals surface area (Å²) in [5, 5.41) is 4.12. The molecule has 0 spiro atoms. The number of nitrogens with one attached hydrogen (secondary N) is 1. The number of ether oxygens (including phenoxy) is 2. The highest BCUT2D eigenvalue weighted by Gasteiger charge is 2.45. The maximum absolute atomic E-state index is 14.2. The molecule has 1 aliphatic heterocycles. The third-order valence-corrected chi connectivity index (χ3v) is 6.95. The van der Waals surface area contributed by atoms with Gasteiger partial charge in [-0.05, 0) is 36.8 Å². The topological polar surface area (TPSA) is 72.8 Å². The number of carbonyl (C=O) groups excluding carboxylic acids is 2. The van der Waals surface area contributed by atoms with Crippen molar-refractivity contribution in [3.63, 3.8) is 0 Å². The molecule has 5 rings (SSSR count). The van der Waals surface area contributed by atoms with Gasteiger partial charge in [-0.2, -0.15) is 0 Å². The van der Waals surface area contributed by atoms with Crippen molar-refractivity contribution in [1.29, 1.82) is 0 Å². The fraction of sp³-hybridized carbons (Fsp3) is 0.267. The molecular formula is C30H31N3O4. The van der Waals surface area contributed by atoms with E-state index >= 15 is 0 Å². The van der Waals surface area contributed by atoms with Gasteiger partial charge in [0.05, 0.1) is 30.9 Å². The minimum absolute atomic E-state index is 0.107. The van der Waals surface area contributed by atoms with Crippen LogP contribution in [0.1, 0.15) is 40.4 Å². The van der Waals surface area contributed by atoms with E-state index < -0.39 is 12.0 Å². The predicted octanol–water partition coefficient (Wildman–Crippen LogP) is 5.14. The monoisotopic (exact) mass is 497 g/mol. The Hall–Kier alpha value is -4.10. The molecule has 190 valence electrons. The van der Waals surface area contributed by atoms with Gasteiger partial charge in [0.25, 0.3) is 5.91 Å². The van der Waals surface area contributed by atoms with Crippen LogP contribution in [0.3, 0.4) is 0 Å². The molecule has 1 aromatic heterocycles. The lowest BCUT2D eigenvalue weighted by Gasteiger charge is -2.41. The number of hydrogen-bond donors (Lipinski definition) is 1.